The van der Waals surface area contributed by atoms with Gasteiger partial charge in [-0.2, -0.15) is 0 Å². The third-order valence-electron chi connectivity index (χ3n) is 1.52. The maximum atomic E-state index is 12.6. The molecule has 0 radical (unpaired) electrons. The third kappa shape index (κ3) is 1.68. The maximum absolute atomic E-state index is 12.6. The number of aromatic carboxylic acids is 2. The molecule has 0 bridgehead atoms. The van der Waals surface area contributed by atoms with Crippen LogP contribution >= 0.6 is 0 Å². The monoisotopic (exact) mass is 202 g/mol. The first-order chi connectivity index (χ1) is 6.43. The Hall–Kier alpha value is -1.98. The topological polar surface area (TPSA) is 74.6 Å². The SMILES string of the molecule is O=C(O)c1cc(F)c(F)cc1C(=O)O. The molecule has 0 aromatic heterocycles. The summed E-state index contributed by atoms with van der Waals surface area (Å²) in [7, 11) is 0. The molecule has 1 aromatic rings. The molecular weight excluding hydrogens is 198 g/mol. The molecule has 0 amide bonds. The van der Waals surface area contributed by atoms with Crippen LogP contribution in [-0.2, 0) is 0 Å². The van der Waals surface area contributed by atoms with Crippen LogP contribution < -0.4 is 0 Å². The Kier molecular flexibility index (Phi) is 2.46. The molecule has 0 heterocycles. The number of hydrogen-bond acceptors (Lipinski definition) is 2. The summed E-state index contributed by atoms with van der Waals surface area (Å²) >= 11 is 0. The van der Waals surface area contributed by atoms with E-state index in [-0.39, 0.29) is 0 Å². The van der Waals surface area contributed by atoms with E-state index >= 15 is 0 Å². The van der Waals surface area contributed by atoms with Crippen LogP contribution in [-0.4, -0.2) is 22.2 Å². The zero-order valence-electron chi connectivity index (χ0n) is 6.62. The van der Waals surface area contributed by atoms with Gasteiger partial charge in [0, 0.05) is 0 Å². The van der Waals surface area contributed by atoms with Gasteiger partial charge in [-0.05, 0) is 12.1 Å². The van der Waals surface area contributed by atoms with Crippen LogP contribution in [0, 0.1) is 11.6 Å². The van der Waals surface area contributed by atoms with E-state index in [2.05, 4.69) is 0 Å². The Morgan fingerprint density at radius 2 is 1.21 bits per heavy atom. The van der Waals surface area contributed by atoms with E-state index in [0.717, 1.165) is 0 Å². The molecule has 0 atom stereocenters. The molecule has 0 fully saturated rings. The first-order valence-corrected chi connectivity index (χ1v) is 3.39. The zero-order valence-corrected chi connectivity index (χ0v) is 6.62. The van der Waals surface area contributed by atoms with Crippen LogP contribution in [0.3, 0.4) is 0 Å². The average Bonchev–Trinajstić information content (AvgIpc) is 2.08. The Morgan fingerprint density at radius 1 is 0.929 bits per heavy atom. The normalized spacial score (nSPS) is 9.86. The molecule has 0 saturated heterocycles. The van der Waals surface area contributed by atoms with Crippen molar-refractivity contribution in [3.8, 4) is 0 Å². The van der Waals surface area contributed by atoms with Crippen LogP contribution in [0.15, 0.2) is 12.1 Å². The van der Waals surface area contributed by atoms with E-state index in [0.29, 0.717) is 12.1 Å². The van der Waals surface area contributed by atoms with E-state index in [1.54, 1.807) is 0 Å². The highest BCUT2D eigenvalue weighted by atomic mass is 19.2. The predicted molar refractivity (Wildman–Crippen MR) is 40.3 cm³/mol. The average molecular weight is 202 g/mol. The molecule has 4 nitrogen and oxygen atoms in total. The van der Waals surface area contributed by atoms with Crippen molar-refractivity contribution < 1.29 is 28.6 Å². The van der Waals surface area contributed by atoms with Crippen LogP contribution in [0.25, 0.3) is 0 Å². The molecule has 1 aromatic carbocycles. The Bertz CT molecular complexity index is 375. The summed E-state index contributed by atoms with van der Waals surface area (Å²) in [5.41, 5.74) is -1.56. The minimum Gasteiger partial charge on any atom is -0.478 e. The predicted octanol–water partition coefficient (Wildman–Crippen LogP) is 1.36. The molecule has 6 heteroatoms. The molecule has 2 N–H and O–H groups in total. The first-order valence-electron chi connectivity index (χ1n) is 3.39. The number of carbonyl (C=O) groups is 2. The van der Waals surface area contributed by atoms with E-state index in [1.165, 1.54) is 0 Å². The van der Waals surface area contributed by atoms with Gasteiger partial charge < -0.3 is 10.2 Å². The lowest BCUT2D eigenvalue weighted by Gasteiger charge is -2.01. The summed E-state index contributed by atoms with van der Waals surface area (Å²) in [6, 6.07) is 0.669. The van der Waals surface area contributed by atoms with Crippen molar-refractivity contribution in [3.63, 3.8) is 0 Å². The van der Waals surface area contributed by atoms with Crippen molar-refractivity contribution >= 4 is 11.9 Å². The first kappa shape index (κ1) is 10.1. The number of benzene rings is 1. The molecule has 14 heavy (non-hydrogen) atoms. The molecule has 0 saturated carbocycles. The lowest BCUT2D eigenvalue weighted by Crippen LogP contribution is -2.09. The lowest BCUT2D eigenvalue weighted by atomic mass is 10.1. The Balaban J connectivity index is 3.46. The molecule has 0 aliphatic carbocycles. The van der Waals surface area contributed by atoms with Gasteiger partial charge in [-0.15, -0.1) is 0 Å². The molecule has 74 valence electrons. The number of carboxylic acids is 2. The van der Waals surface area contributed by atoms with E-state index in [4.69, 9.17) is 10.2 Å². The third-order valence-corrected chi connectivity index (χ3v) is 1.52. The standard InChI is InChI=1S/C8H4F2O4/c9-5-1-3(7(11)12)4(8(13)14)2-6(5)10/h1-2H,(H,11,12)(H,13,14). The number of rotatable bonds is 2. The minimum atomic E-state index is -1.62. The number of halogens is 2. The van der Waals surface area contributed by atoms with Crippen molar-refractivity contribution in [2.24, 2.45) is 0 Å². The Morgan fingerprint density at radius 3 is 1.43 bits per heavy atom. The van der Waals surface area contributed by atoms with Gasteiger partial charge in [-0.1, -0.05) is 0 Å². The summed E-state index contributed by atoms with van der Waals surface area (Å²) in [6.07, 6.45) is 0. The van der Waals surface area contributed by atoms with E-state index < -0.39 is 34.7 Å². The summed E-state index contributed by atoms with van der Waals surface area (Å²) in [5, 5.41) is 17.0. The quantitative estimate of drug-likeness (QED) is 0.759. The van der Waals surface area contributed by atoms with Gasteiger partial charge in [0.05, 0.1) is 11.1 Å². The number of carboxylic acid groups (broad SMARTS) is 2. The van der Waals surface area contributed by atoms with Crippen molar-refractivity contribution in [3.05, 3.63) is 34.9 Å². The van der Waals surface area contributed by atoms with Gasteiger partial charge in [-0.25, -0.2) is 18.4 Å². The van der Waals surface area contributed by atoms with Crippen molar-refractivity contribution in [1.29, 1.82) is 0 Å². The van der Waals surface area contributed by atoms with Crippen molar-refractivity contribution in [1.82, 2.24) is 0 Å². The van der Waals surface area contributed by atoms with Crippen molar-refractivity contribution in [2.75, 3.05) is 0 Å². The van der Waals surface area contributed by atoms with Crippen molar-refractivity contribution in [2.45, 2.75) is 0 Å². The summed E-state index contributed by atoms with van der Waals surface area (Å²) in [5.74, 6) is -6.04. The fourth-order valence-electron chi connectivity index (χ4n) is 0.901. The molecule has 1 rings (SSSR count). The van der Waals surface area contributed by atoms with Crippen LogP contribution in [0.5, 0.6) is 0 Å². The summed E-state index contributed by atoms with van der Waals surface area (Å²) < 4.78 is 25.1. The lowest BCUT2D eigenvalue weighted by molar-refractivity contribution is 0.0650. The minimum absolute atomic E-state index is 0.334. The molecule has 0 unspecified atom stereocenters. The molecular formula is C8H4F2O4. The highest BCUT2D eigenvalue weighted by Crippen LogP contribution is 2.15. The zero-order chi connectivity index (χ0) is 10.9. The molecule has 0 aliphatic heterocycles. The van der Waals surface area contributed by atoms with E-state index in [9.17, 15) is 18.4 Å². The van der Waals surface area contributed by atoms with E-state index in [1.807, 2.05) is 0 Å². The van der Waals surface area contributed by atoms with Crippen LogP contribution in [0.1, 0.15) is 20.7 Å². The second-order valence-corrected chi connectivity index (χ2v) is 2.42. The number of hydrogen-bond donors (Lipinski definition) is 2. The summed E-state index contributed by atoms with van der Waals surface area (Å²) in [6.45, 7) is 0. The van der Waals surface area contributed by atoms with Gasteiger partial charge >= 0.3 is 11.9 Å². The van der Waals surface area contributed by atoms with Gasteiger partial charge in [0.15, 0.2) is 11.6 Å². The second kappa shape index (κ2) is 3.41. The van der Waals surface area contributed by atoms with Crippen LogP contribution in [0.4, 0.5) is 8.78 Å². The Labute approximate surface area is 76.4 Å². The van der Waals surface area contributed by atoms with Crippen LogP contribution in [0.2, 0.25) is 0 Å². The highest BCUT2D eigenvalue weighted by molar-refractivity contribution is 6.01. The highest BCUT2D eigenvalue weighted by Gasteiger charge is 2.19. The fraction of sp³-hybridized carbons (Fsp3) is 0. The fourth-order valence-corrected chi connectivity index (χ4v) is 0.901. The summed E-state index contributed by atoms with van der Waals surface area (Å²) in [4.78, 5) is 20.9. The van der Waals surface area contributed by atoms with Gasteiger partial charge in [0.2, 0.25) is 0 Å². The largest absolute Gasteiger partial charge is 0.478 e. The van der Waals surface area contributed by atoms with Gasteiger partial charge in [-0.3, -0.25) is 0 Å². The maximum Gasteiger partial charge on any atom is 0.336 e. The molecule has 0 aliphatic rings. The second-order valence-electron chi connectivity index (χ2n) is 2.42. The smallest absolute Gasteiger partial charge is 0.336 e. The molecule has 0 spiro atoms. The van der Waals surface area contributed by atoms with Gasteiger partial charge in [0.1, 0.15) is 0 Å². The van der Waals surface area contributed by atoms with Gasteiger partial charge in [0.25, 0.3) is 0 Å².